The molecule has 0 saturated heterocycles. The molecule has 0 aliphatic rings. The molecule has 2 aromatic rings. The van der Waals surface area contributed by atoms with Crippen LogP contribution in [0.4, 0.5) is 11.4 Å². The number of hydrogen-bond donors (Lipinski definition) is 0. The summed E-state index contributed by atoms with van der Waals surface area (Å²) in [6, 6.07) is 10.3. The van der Waals surface area contributed by atoms with Crippen molar-refractivity contribution in [2.75, 3.05) is 0 Å². The molecule has 0 bridgehead atoms. The number of aromatic nitrogens is 1. The molecule has 20 heavy (non-hydrogen) atoms. The van der Waals surface area contributed by atoms with E-state index in [2.05, 4.69) is 4.98 Å². The Balaban J connectivity index is 2.23. The summed E-state index contributed by atoms with van der Waals surface area (Å²) >= 11 is 1.17. The Morgan fingerprint density at radius 2 is 1.80 bits per heavy atom. The lowest BCUT2D eigenvalue weighted by molar-refractivity contribution is -0.396. The maximum Gasteiger partial charge on any atom is 0.308 e. The second-order valence-electron chi connectivity index (χ2n) is 3.81. The van der Waals surface area contributed by atoms with E-state index in [9.17, 15) is 20.2 Å². The summed E-state index contributed by atoms with van der Waals surface area (Å²) in [6.45, 7) is 0. The third-order valence-electron chi connectivity index (χ3n) is 2.44. The van der Waals surface area contributed by atoms with Crippen LogP contribution in [0.15, 0.2) is 47.6 Å². The average Bonchev–Trinajstić information content (AvgIpc) is 2.45. The van der Waals surface area contributed by atoms with Crippen LogP contribution in [0.2, 0.25) is 0 Å². The van der Waals surface area contributed by atoms with Gasteiger partial charge in [0.2, 0.25) is 0 Å². The standard InChI is InChI=1S/C12H9N3O4S/c16-14(17)10-6-11(15(18)19)12(13-7-10)20-8-9-4-2-1-3-5-9/h1-7H,8H2. The Bertz CT molecular complexity index is 648. The molecule has 102 valence electrons. The van der Waals surface area contributed by atoms with Crippen molar-refractivity contribution in [3.63, 3.8) is 0 Å². The normalized spacial score (nSPS) is 10.2. The third-order valence-corrected chi connectivity index (χ3v) is 3.51. The summed E-state index contributed by atoms with van der Waals surface area (Å²) in [5.74, 6) is 0.506. The SMILES string of the molecule is O=[N+]([O-])c1cnc(SCc2ccccc2)c([N+](=O)[O-])c1. The van der Waals surface area contributed by atoms with E-state index in [1.807, 2.05) is 30.3 Å². The number of benzene rings is 1. The number of thioether (sulfide) groups is 1. The van der Waals surface area contributed by atoms with E-state index in [0.29, 0.717) is 5.75 Å². The average molecular weight is 291 g/mol. The molecule has 0 amide bonds. The number of nitro groups is 2. The van der Waals surface area contributed by atoms with Gasteiger partial charge in [0.25, 0.3) is 5.69 Å². The lowest BCUT2D eigenvalue weighted by Crippen LogP contribution is -1.97. The quantitative estimate of drug-likeness (QED) is 0.476. The van der Waals surface area contributed by atoms with Gasteiger partial charge < -0.3 is 0 Å². The van der Waals surface area contributed by atoms with Crippen LogP contribution >= 0.6 is 11.8 Å². The molecule has 0 aliphatic carbocycles. The Hall–Kier alpha value is -2.48. The zero-order valence-corrected chi connectivity index (χ0v) is 10.9. The Labute approximate surface area is 118 Å². The summed E-state index contributed by atoms with van der Waals surface area (Å²) in [6.07, 6.45) is 1.03. The van der Waals surface area contributed by atoms with Gasteiger partial charge in [0.15, 0.2) is 5.03 Å². The molecule has 0 fully saturated rings. The van der Waals surface area contributed by atoms with Crippen molar-refractivity contribution in [3.05, 3.63) is 68.4 Å². The lowest BCUT2D eigenvalue weighted by atomic mass is 10.2. The summed E-state index contributed by atoms with van der Waals surface area (Å²) in [5.41, 5.74) is 0.257. The van der Waals surface area contributed by atoms with Gasteiger partial charge in [-0.15, -0.1) is 0 Å². The molecular weight excluding hydrogens is 282 g/mol. The third kappa shape index (κ3) is 3.29. The predicted octanol–water partition coefficient (Wildman–Crippen LogP) is 3.19. The van der Waals surface area contributed by atoms with Crippen molar-refractivity contribution in [1.82, 2.24) is 4.98 Å². The first-order chi connectivity index (χ1) is 9.58. The van der Waals surface area contributed by atoms with E-state index in [-0.39, 0.29) is 16.4 Å². The Kier molecular flexibility index (Phi) is 4.26. The van der Waals surface area contributed by atoms with Gasteiger partial charge in [-0.2, -0.15) is 0 Å². The van der Waals surface area contributed by atoms with Crippen LogP contribution in [-0.2, 0) is 5.75 Å². The summed E-state index contributed by atoms with van der Waals surface area (Å²) < 4.78 is 0. The summed E-state index contributed by atoms with van der Waals surface area (Å²) in [7, 11) is 0. The lowest BCUT2D eigenvalue weighted by Gasteiger charge is -2.02. The van der Waals surface area contributed by atoms with Gasteiger partial charge in [-0.3, -0.25) is 20.2 Å². The zero-order chi connectivity index (χ0) is 14.5. The van der Waals surface area contributed by atoms with E-state index in [0.717, 1.165) is 17.8 Å². The van der Waals surface area contributed by atoms with E-state index in [4.69, 9.17) is 0 Å². The molecule has 0 unspecified atom stereocenters. The largest absolute Gasteiger partial charge is 0.308 e. The second-order valence-corrected chi connectivity index (χ2v) is 4.77. The molecule has 1 heterocycles. The fourth-order valence-electron chi connectivity index (χ4n) is 1.50. The van der Waals surface area contributed by atoms with Crippen LogP contribution in [0.3, 0.4) is 0 Å². The first-order valence-electron chi connectivity index (χ1n) is 5.53. The molecule has 0 saturated carbocycles. The minimum absolute atomic E-state index is 0.171. The van der Waals surface area contributed by atoms with E-state index >= 15 is 0 Å². The zero-order valence-electron chi connectivity index (χ0n) is 10.1. The van der Waals surface area contributed by atoms with Gasteiger partial charge in [0, 0.05) is 5.75 Å². The van der Waals surface area contributed by atoms with Gasteiger partial charge in [-0.1, -0.05) is 42.1 Å². The fourth-order valence-corrected chi connectivity index (χ4v) is 2.40. The van der Waals surface area contributed by atoms with Crippen molar-refractivity contribution < 1.29 is 9.85 Å². The molecule has 0 atom stereocenters. The highest BCUT2D eigenvalue weighted by atomic mass is 32.2. The predicted molar refractivity (Wildman–Crippen MR) is 73.5 cm³/mol. The van der Waals surface area contributed by atoms with Gasteiger partial charge >= 0.3 is 5.69 Å². The Morgan fingerprint density at radius 1 is 1.10 bits per heavy atom. The minimum Gasteiger partial charge on any atom is -0.258 e. The highest BCUT2D eigenvalue weighted by molar-refractivity contribution is 7.98. The van der Waals surface area contributed by atoms with Gasteiger partial charge in [0.1, 0.15) is 6.20 Å². The first kappa shape index (κ1) is 13.9. The number of hydrogen-bond acceptors (Lipinski definition) is 6. The number of nitrogens with zero attached hydrogens (tertiary/aromatic N) is 3. The van der Waals surface area contributed by atoms with Crippen molar-refractivity contribution in [1.29, 1.82) is 0 Å². The summed E-state index contributed by atoms with van der Waals surface area (Å²) in [5, 5.41) is 21.7. The topological polar surface area (TPSA) is 99.2 Å². The highest BCUT2D eigenvalue weighted by Crippen LogP contribution is 2.31. The van der Waals surface area contributed by atoms with Crippen LogP contribution in [0, 0.1) is 20.2 Å². The van der Waals surface area contributed by atoms with Crippen LogP contribution in [0.5, 0.6) is 0 Å². The van der Waals surface area contributed by atoms with Crippen molar-refractivity contribution in [2.45, 2.75) is 10.8 Å². The maximum atomic E-state index is 10.9. The molecule has 1 aromatic heterocycles. The highest BCUT2D eigenvalue weighted by Gasteiger charge is 2.21. The van der Waals surface area contributed by atoms with Crippen molar-refractivity contribution in [3.8, 4) is 0 Å². The second kappa shape index (κ2) is 6.11. The fraction of sp³-hybridized carbons (Fsp3) is 0.0833. The molecule has 0 N–H and O–H groups in total. The molecule has 7 nitrogen and oxygen atoms in total. The van der Waals surface area contributed by atoms with Crippen molar-refractivity contribution in [2.24, 2.45) is 0 Å². The smallest absolute Gasteiger partial charge is 0.258 e. The molecule has 0 radical (unpaired) electrons. The molecule has 0 aliphatic heterocycles. The summed E-state index contributed by atoms with van der Waals surface area (Å²) in [4.78, 5) is 24.0. The molecule has 8 heteroatoms. The van der Waals surface area contributed by atoms with Crippen LogP contribution < -0.4 is 0 Å². The van der Waals surface area contributed by atoms with Crippen LogP contribution in [0.1, 0.15) is 5.56 Å². The molecule has 1 aromatic carbocycles. The minimum atomic E-state index is -0.703. The number of rotatable bonds is 5. The van der Waals surface area contributed by atoms with Gasteiger partial charge in [-0.05, 0) is 5.56 Å². The van der Waals surface area contributed by atoms with Crippen molar-refractivity contribution >= 4 is 23.1 Å². The maximum absolute atomic E-state index is 10.9. The van der Waals surface area contributed by atoms with E-state index in [1.165, 1.54) is 11.8 Å². The monoisotopic (exact) mass is 291 g/mol. The molecule has 2 rings (SSSR count). The van der Waals surface area contributed by atoms with Gasteiger partial charge in [0.05, 0.1) is 15.9 Å². The Morgan fingerprint density at radius 3 is 2.40 bits per heavy atom. The van der Waals surface area contributed by atoms with Crippen LogP contribution in [0.25, 0.3) is 0 Å². The molecule has 0 spiro atoms. The van der Waals surface area contributed by atoms with Crippen LogP contribution in [-0.4, -0.2) is 14.8 Å². The van der Waals surface area contributed by atoms with E-state index < -0.39 is 9.85 Å². The first-order valence-corrected chi connectivity index (χ1v) is 6.52. The number of pyridine rings is 1. The van der Waals surface area contributed by atoms with E-state index in [1.54, 1.807) is 0 Å². The van der Waals surface area contributed by atoms with Gasteiger partial charge in [-0.25, -0.2) is 4.98 Å². The molecular formula is C12H9N3O4S.